The van der Waals surface area contributed by atoms with Crippen LogP contribution < -0.4 is 11.1 Å². The third kappa shape index (κ3) is 10.8. The van der Waals surface area contributed by atoms with Crippen LogP contribution in [-0.4, -0.2) is 65.9 Å². The zero-order chi connectivity index (χ0) is 48.9. The van der Waals surface area contributed by atoms with Crippen molar-refractivity contribution in [3.8, 4) is 33.9 Å². The number of fused-ring (bicyclic) bond motifs is 1. The van der Waals surface area contributed by atoms with Gasteiger partial charge >= 0.3 is 5.97 Å². The highest BCUT2D eigenvalue weighted by atomic mass is 16.4. The smallest absolute Gasteiger partial charge is 0.309 e. The first-order chi connectivity index (χ1) is 33.9. The van der Waals surface area contributed by atoms with Crippen molar-refractivity contribution < 1.29 is 35.4 Å². The molecule has 0 spiro atoms. The Morgan fingerprint density at radius 1 is 0.814 bits per heavy atom. The van der Waals surface area contributed by atoms with E-state index in [2.05, 4.69) is 53.7 Å². The standard InChI is InChI=1S/C60H77N3O7/c1-2-3-6-13-38-20-21-41(53(65)30-38)18-11-12-19-42-22-24-46(51-32-44(28-39-26-27-62-55(61)31-39)50-25-23-43(36-60(50,51)70)58(67)56(42)59(68)69)52-35-47(40-16-9-5-10-17-40)57(63-52)49-33-45(64)34-54(66)48(49)29-37-14-7-4-8-15-37/h4-5,7-10,14-17,20-21,26,31,33-35,38,41-44,46,50-51,53,56,58,62-67,70H,2-3,6,11-13,18-19,22-25,27-30,32,36,61H2,1H3,(H,68,69). The Labute approximate surface area is 414 Å². The van der Waals surface area contributed by atoms with Crippen LogP contribution in [0.5, 0.6) is 11.5 Å². The van der Waals surface area contributed by atoms with Gasteiger partial charge in [-0.25, -0.2) is 0 Å². The van der Waals surface area contributed by atoms with Crippen molar-refractivity contribution in [1.82, 2.24) is 10.3 Å². The molecule has 10 nitrogen and oxygen atoms in total. The summed E-state index contributed by atoms with van der Waals surface area (Å²) in [4.78, 5) is 17.5. The summed E-state index contributed by atoms with van der Waals surface area (Å²) in [6.45, 7) is 2.87. The number of aliphatic carboxylic acids is 1. The predicted octanol–water partition coefficient (Wildman–Crippen LogP) is 11.1. The highest BCUT2D eigenvalue weighted by molar-refractivity contribution is 5.85. The lowest BCUT2D eigenvalue weighted by molar-refractivity contribution is -0.158. The largest absolute Gasteiger partial charge is 0.508 e. The minimum atomic E-state index is -1.17. The Balaban J connectivity index is 1.09. The van der Waals surface area contributed by atoms with Crippen molar-refractivity contribution >= 4 is 5.97 Å². The van der Waals surface area contributed by atoms with E-state index < -0.39 is 23.6 Å². The second-order valence-corrected chi connectivity index (χ2v) is 21.9. The Morgan fingerprint density at radius 3 is 2.31 bits per heavy atom. The van der Waals surface area contributed by atoms with Crippen LogP contribution in [-0.2, 0) is 11.2 Å². The fourth-order valence-electron chi connectivity index (χ4n) is 14.1. The van der Waals surface area contributed by atoms with Crippen LogP contribution in [0.2, 0.25) is 0 Å². The third-order valence-electron chi connectivity index (χ3n) is 17.6. The van der Waals surface area contributed by atoms with Crippen molar-refractivity contribution in [3.63, 3.8) is 0 Å². The maximum absolute atomic E-state index is 13.6. The van der Waals surface area contributed by atoms with Crippen LogP contribution in [0, 0.1) is 47.3 Å². The molecule has 0 amide bonds. The number of phenolic OH excluding ortho intramolecular Hbond substituents is 2. The maximum Gasteiger partial charge on any atom is 0.309 e. The molecule has 3 saturated carbocycles. The van der Waals surface area contributed by atoms with E-state index in [1.54, 1.807) is 6.07 Å². The van der Waals surface area contributed by atoms with E-state index in [-0.39, 0.29) is 59.0 Å². The molecule has 4 aliphatic carbocycles. The molecule has 9 rings (SSSR count). The lowest BCUT2D eigenvalue weighted by Crippen LogP contribution is -2.52. The molecule has 5 aliphatic rings. The van der Waals surface area contributed by atoms with Crippen molar-refractivity contribution in [2.45, 2.75) is 140 Å². The number of unbranched alkanes of at least 4 members (excludes halogenated alkanes) is 3. The summed E-state index contributed by atoms with van der Waals surface area (Å²) in [5.41, 5.74) is 12.2. The van der Waals surface area contributed by atoms with Gasteiger partial charge in [0.15, 0.2) is 0 Å². The lowest BCUT2D eigenvalue weighted by Gasteiger charge is -2.49. The van der Waals surface area contributed by atoms with Crippen LogP contribution in [0.4, 0.5) is 0 Å². The molecule has 2 bridgehead atoms. The molecule has 374 valence electrons. The second kappa shape index (κ2) is 22.0. The number of nitrogens with two attached hydrogens (primary N) is 1. The lowest BCUT2D eigenvalue weighted by atomic mass is 9.60. The number of aromatic amines is 1. The van der Waals surface area contributed by atoms with Gasteiger partial charge in [-0.3, -0.25) is 4.79 Å². The molecular formula is C60H77N3O7. The minimum absolute atomic E-state index is 0.000351. The van der Waals surface area contributed by atoms with Crippen molar-refractivity contribution in [2.75, 3.05) is 6.54 Å². The van der Waals surface area contributed by atoms with E-state index >= 15 is 0 Å². The molecule has 12 atom stereocenters. The van der Waals surface area contributed by atoms with Gasteiger partial charge in [0.25, 0.3) is 0 Å². The van der Waals surface area contributed by atoms with Gasteiger partial charge < -0.3 is 46.7 Å². The summed E-state index contributed by atoms with van der Waals surface area (Å²) in [6.07, 6.45) is 20.7. The highest BCUT2D eigenvalue weighted by Gasteiger charge is 2.60. The van der Waals surface area contributed by atoms with Crippen molar-refractivity contribution in [2.24, 2.45) is 53.1 Å². The molecule has 2 heterocycles. The van der Waals surface area contributed by atoms with Gasteiger partial charge in [0.1, 0.15) is 11.5 Å². The van der Waals surface area contributed by atoms with Gasteiger partial charge in [-0.05, 0) is 141 Å². The second-order valence-electron chi connectivity index (χ2n) is 21.9. The van der Waals surface area contributed by atoms with E-state index in [4.69, 9.17) is 5.73 Å². The van der Waals surface area contributed by atoms with E-state index in [0.29, 0.717) is 74.4 Å². The molecule has 4 aromatic rings. The number of aliphatic hydroxyl groups excluding tert-OH is 2. The van der Waals surface area contributed by atoms with Crippen LogP contribution in [0.1, 0.15) is 132 Å². The number of benzene rings is 3. The monoisotopic (exact) mass is 952 g/mol. The number of aliphatic hydroxyl groups is 3. The summed E-state index contributed by atoms with van der Waals surface area (Å²) in [7, 11) is 0. The average Bonchev–Trinajstić information content (AvgIpc) is 3.91. The van der Waals surface area contributed by atoms with Gasteiger partial charge in [-0.1, -0.05) is 118 Å². The highest BCUT2D eigenvalue weighted by Crippen LogP contribution is 2.61. The Morgan fingerprint density at radius 2 is 1.57 bits per heavy atom. The molecule has 3 aromatic carbocycles. The number of carboxylic acid groups (broad SMARTS) is 1. The summed E-state index contributed by atoms with van der Waals surface area (Å²) in [5, 5.41) is 74.1. The molecule has 12 unspecified atom stereocenters. The van der Waals surface area contributed by atoms with E-state index in [9.17, 15) is 35.4 Å². The number of hydrogen-bond acceptors (Lipinski definition) is 8. The predicted molar refractivity (Wildman–Crippen MR) is 277 cm³/mol. The number of H-pyrrole nitrogens is 1. The summed E-state index contributed by atoms with van der Waals surface area (Å²) < 4.78 is 0. The molecule has 1 aromatic heterocycles. The van der Waals surface area contributed by atoms with Gasteiger partial charge in [0.2, 0.25) is 0 Å². The molecule has 3 fully saturated rings. The van der Waals surface area contributed by atoms with Crippen LogP contribution in [0.15, 0.2) is 115 Å². The van der Waals surface area contributed by atoms with E-state index in [0.717, 1.165) is 78.6 Å². The number of dihydropyridines is 1. The van der Waals surface area contributed by atoms with Crippen LogP contribution in [0.25, 0.3) is 22.4 Å². The normalized spacial score (nSPS) is 30.8. The first-order valence-corrected chi connectivity index (χ1v) is 26.7. The number of phenols is 2. The Kier molecular flexibility index (Phi) is 15.6. The van der Waals surface area contributed by atoms with E-state index in [1.165, 1.54) is 25.3 Å². The number of rotatable bonds is 17. The number of allylic oxidation sites excluding steroid dienone is 3. The molecule has 10 N–H and O–H groups in total. The summed E-state index contributed by atoms with van der Waals surface area (Å²) in [5.74, 6) is -1.84. The van der Waals surface area contributed by atoms with Crippen molar-refractivity contribution in [3.05, 3.63) is 131 Å². The number of aromatic hydroxyl groups is 2. The first kappa shape index (κ1) is 49.7. The first-order valence-electron chi connectivity index (χ1n) is 26.7. The maximum atomic E-state index is 13.6. The number of hydrogen-bond donors (Lipinski definition) is 9. The van der Waals surface area contributed by atoms with Gasteiger partial charge in [-0.2, -0.15) is 0 Å². The Bertz CT molecular complexity index is 2500. The quantitative estimate of drug-likeness (QED) is 0.0366. The van der Waals surface area contributed by atoms with Crippen LogP contribution >= 0.6 is 0 Å². The summed E-state index contributed by atoms with van der Waals surface area (Å²) >= 11 is 0. The SMILES string of the molecule is CCCCCC1C=CC(CCCCC2CCC(c3cc(-c4ccccc4)c(-c4cc(O)cc(O)c4Cc4ccccc4)[nH]3)C3CC(CC4=CCNC(N)=C4)C4CCC(CC43O)C(O)C2C(=O)O)C(O)C1. The zero-order valence-corrected chi connectivity index (χ0v) is 41.1. The topological polar surface area (TPSA) is 192 Å². The van der Waals surface area contributed by atoms with Crippen molar-refractivity contribution in [1.29, 1.82) is 0 Å². The number of nitrogens with one attached hydrogen (secondary N) is 2. The summed E-state index contributed by atoms with van der Waals surface area (Å²) in [6, 6.07) is 25.4. The average molecular weight is 952 g/mol. The molecule has 0 radical (unpaired) electrons. The number of carbonyl (C=O) groups is 1. The molecule has 1 aliphatic heterocycles. The Hall–Kier alpha value is -5.29. The van der Waals surface area contributed by atoms with Crippen LogP contribution in [0.3, 0.4) is 0 Å². The zero-order valence-electron chi connectivity index (χ0n) is 41.1. The minimum Gasteiger partial charge on any atom is -0.508 e. The fraction of sp³-hybridized carbons (Fsp3) is 0.517. The molecule has 70 heavy (non-hydrogen) atoms. The number of aromatic nitrogens is 1. The molecule has 0 saturated heterocycles. The third-order valence-corrected chi connectivity index (χ3v) is 17.6. The molecular weight excluding hydrogens is 875 g/mol. The molecule has 10 heteroatoms. The van der Waals surface area contributed by atoms with Gasteiger partial charge in [0.05, 0.1) is 35.2 Å². The fourth-order valence-corrected chi connectivity index (χ4v) is 14.1. The van der Waals surface area contributed by atoms with Gasteiger partial charge in [0, 0.05) is 53.3 Å². The van der Waals surface area contributed by atoms with E-state index in [1.807, 2.05) is 54.6 Å². The number of carboxylic acids is 1. The van der Waals surface area contributed by atoms with Gasteiger partial charge in [-0.15, -0.1) is 0 Å².